The molecule has 30 heavy (non-hydrogen) atoms. The van der Waals surface area contributed by atoms with Gasteiger partial charge in [0, 0.05) is 48.3 Å². The molecule has 2 N–H and O–H groups in total. The van der Waals surface area contributed by atoms with Gasteiger partial charge in [-0.05, 0) is 61.9 Å². The number of aromatic nitrogens is 1. The van der Waals surface area contributed by atoms with Gasteiger partial charge >= 0.3 is 0 Å². The largest absolute Gasteiger partial charge is 0.377 e. The zero-order chi connectivity index (χ0) is 20.9. The van der Waals surface area contributed by atoms with Crippen LogP contribution in [0.1, 0.15) is 31.2 Å². The van der Waals surface area contributed by atoms with Crippen LogP contribution in [0.3, 0.4) is 0 Å². The SMILES string of the molecule is CN(C)c1cc(NC2CCC(CNCc3cccc(Br)c3)CC2)nc2ccccc12. The Labute approximate surface area is 188 Å². The standard InChI is InChI=1S/C25H31BrN4/c1-30(2)24-15-25(29-23-9-4-3-8-22(23)24)28-21-12-10-18(11-13-21)16-27-17-19-6-5-7-20(26)14-19/h3-9,14-15,18,21,27H,10-13,16-17H2,1-2H3,(H,28,29). The number of anilines is 2. The maximum absolute atomic E-state index is 4.87. The van der Waals surface area contributed by atoms with Gasteiger partial charge in [0.05, 0.1) is 5.52 Å². The molecule has 1 heterocycles. The monoisotopic (exact) mass is 466 g/mol. The summed E-state index contributed by atoms with van der Waals surface area (Å²) in [6.45, 7) is 2.03. The molecule has 158 valence electrons. The highest BCUT2D eigenvalue weighted by Crippen LogP contribution is 2.30. The van der Waals surface area contributed by atoms with Crippen molar-refractivity contribution in [2.24, 2.45) is 5.92 Å². The van der Waals surface area contributed by atoms with Gasteiger partial charge in [0.2, 0.25) is 0 Å². The van der Waals surface area contributed by atoms with Crippen molar-refractivity contribution < 1.29 is 0 Å². The lowest BCUT2D eigenvalue weighted by Gasteiger charge is -2.30. The van der Waals surface area contributed by atoms with Crippen molar-refractivity contribution in [3.8, 4) is 0 Å². The number of nitrogens with one attached hydrogen (secondary N) is 2. The molecular formula is C25H31BrN4. The lowest BCUT2D eigenvalue weighted by molar-refractivity contribution is 0.324. The van der Waals surface area contributed by atoms with Gasteiger partial charge in [-0.2, -0.15) is 0 Å². The summed E-state index contributed by atoms with van der Waals surface area (Å²) in [5.41, 5.74) is 3.60. The third-order valence-electron chi connectivity index (χ3n) is 6.03. The molecular weight excluding hydrogens is 436 g/mol. The molecule has 0 atom stereocenters. The maximum Gasteiger partial charge on any atom is 0.128 e. The van der Waals surface area contributed by atoms with Crippen molar-refractivity contribution in [2.45, 2.75) is 38.3 Å². The fourth-order valence-electron chi connectivity index (χ4n) is 4.39. The van der Waals surface area contributed by atoms with Gasteiger partial charge in [-0.25, -0.2) is 4.98 Å². The fourth-order valence-corrected chi connectivity index (χ4v) is 4.84. The first-order chi connectivity index (χ1) is 14.6. The molecule has 1 aromatic heterocycles. The van der Waals surface area contributed by atoms with Gasteiger partial charge in [-0.15, -0.1) is 0 Å². The second kappa shape index (κ2) is 9.80. The van der Waals surface area contributed by atoms with Gasteiger partial charge in [0.15, 0.2) is 0 Å². The van der Waals surface area contributed by atoms with Crippen LogP contribution in [0.5, 0.6) is 0 Å². The Morgan fingerprint density at radius 2 is 1.80 bits per heavy atom. The quantitative estimate of drug-likeness (QED) is 0.459. The summed E-state index contributed by atoms with van der Waals surface area (Å²) in [6, 6.07) is 19.6. The van der Waals surface area contributed by atoms with Crippen LogP contribution >= 0.6 is 15.9 Å². The van der Waals surface area contributed by atoms with E-state index in [1.54, 1.807) is 0 Å². The smallest absolute Gasteiger partial charge is 0.128 e. The second-order valence-electron chi connectivity index (χ2n) is 8.56. The van der Waals surface area contributed by atoms with Crippen molar-refractivity contribution in [3.63, 3.8) is 0 Å². The van der Waals surface area contributed by atoms with Crippen molar-refractivity contribution in [2.75, 3.05) is 30.9 Å². The van der Waals surface area contributed by atoms with Crippen molar-refractivity contribution >= 4 is 38.3 Å². The zero-order valence-corrected chi connectivity index (χ0v) is 19.5. The van der Waals surface area contributed by atoms with Crippen LogP contribution in [0, 0.1) is 5.92 Å². The number of nitrogens with zero attached hydrogens (tertiary/aromatic N) is 2. The minimum atomic E-state index is 0.509. The van der Waals surface area contributed by atoms with Crippen LogP contribution < -0.4 is 15.5 Å². The van der Waals surface area contributed by atoms with E-state index in [0.717, 1.165) is 34.8 Å². The lowest BCUT2D eigenvalue weighted by Crippen LogP contribution is -2.31. The van der Waals surface area contributed by atoms with Gasteiger partial charge in [0.1, 0.15) is 5.82 Å². The molecule has 5 heteroatoms. The Balaban J connectivity index is 1.29. The van der Waals surface area contributed by atoms with Crippen LogP contribution in [0.4, 0.5) is 11.5 Å². The zero-order valence-electron chi connectivity index (χ0n) is 17.9. The summed E-state index contributed by atoms with van der Waals surface area (Å²) in [4.78, 5) is 7.04. The number of hydrogen-bond acceptors (Lipinski definition) is 4. The highest BCUT2D eigenvalue weighted by Gasteiger charge is 2.21. The Bertz CT molecular complexity index is 980. The predicted octanol–water partition coefficient (Wildman–Crippen LogP) is 5.82. The minimum Gasteiger partial charge on any atom is -0.377 e. The summed E-state index contributed by atoms with van der Waals surface area (Å²) >= 11 is 3.55. The molecule has 0 amide bonds. The number of benzene rings is 2. The van der Waals surface area contributed by atoms with Gasteiger partial charge in [0.25, 0.3) is 0 Å². The van der Waals surface area contributed by atoms with E-state index < -0.39 is 0 Å². The van der Waals surface area contributed by atoms with E-state index in [1.165, 1.54) is 42.3 Å². The highest BCUT2D eigenvalue weighted by atomic mass is 79.9. The van der Waals surface area contributed by atoms with Crippen molar-refractivity contribution in [3.05, 3.63) is 64.6 Å². The number of para-hydroxylation sites is 1. The Kier molecular flexibility index (Phi) is 6.90. The Morgan fingerprint density at radius 3 is 2.57 bits per heavy atom. The fraction of sp³-hybridized carbons (Fsp3) is 0.400. The van der Waals surface area contributed by atoms with Gasteiger partial charge in [-0.3, -0.25) is 0 Å². The van der Waals surface area contributed by atoms with Gasteiger partial charge < -0.3 is 15.5 Å². The molecule has 2 aromatic carbocycles. The molecule has 1 fully saturated rings. The van der Waals surface area contributed by atoms with E-state index in [0.29, 0.717) is 6.04 Å². The number of rotatable bonds is 7. The van der Waals surface area contributed by atoms with Crippen LogP contribution in [0.25, 0.3) is 10.9 Å². The molecule has 1 saturated carbocycles. The van der Waals surface area contributed by atoms with Crippen molar-refractivity contribution in [1.29, 1.82) is 0 Å². The van der Waals surface area contributed by atoms with Crippen LogP contribution in [-0.2, 0) is 6.54 Å². The third-order valence-corrected chi connectivity index (χ3v) is 6.52. The number of hydrogen-bond donors (Lipinski definition) is 2. The first-order valence-electron chi connectivity index (χ1n) is 10.9. The summed E-state index contributed by atoms with van der Waals surface area (Å²) < 4.78 is 1.15. The third kappa shape index (κ3) is 5.32. The summed E-state index contributed by atoms with van der Waals surface area (Å²) in [5.74, 6) is 1.76. The molecule has 1 aliphatic rings. The van der Waals surface area contributed by atoms with E-state index in [-0.39, 0.29) is 0 Å². The Morgan fingerprint density at radius 1 is 1.00 bits per heavy atom. The summed E-state index contributed by atoms with van der Waals surface area (Å²) in [7, 11) is 4.19. The average Bonchev–Trinajstić information content (AvgIpc) is 2.74. The number of halogens is 1. The van der Waals surface area contributed by atoms with Crippen LogP contribution in [0.2, 0.25) is 0 Å². The minimum absolute atomic E-state index is 0.509. The Hall–Kier alpha value is -2.11. The number of fused-ring (bicyclic) bond motifs is 1. The normalized spacial score (nSPS) is 19.0. The average molecular weight is 467 g/mol. The molecule has 0 saturated heterocycles. The first-order valence-corrected chi connectivity index (χ1v) is 11.7. The van der Waals surface area contributed by atoms with Crippen LogP contribution in [-0.4, -0.2) is 31.7 Å². The lowest BCUT2D eigenvalue weighted by atomic mass is 9.86. The number of pyridine rings is 1. The summed E-state index contributed by atoms with van der Waals surface area (Å²) in [5, 5.41) is 8.56. The van der Waals surface area contributed by atoms with E-state index in [9.17, 15) is 0 Å². The van der Waals surface area contributed by atoms with E-state index in [2.05, 4.69) is 100 Å². The highest BCUT2D eigenvalue weighted by molar-refractivity contribution is 9.10. The molecule has 4 nitrogen and oxygen atoms in total. The van der Waals surface area contributed by atoms with E-state index >= 15 is 0 Å². The van der Waals surface area contributed by atoms with E-state index in [1.807, 2.05) is 0 Å². The maximum atomic E-state index is 4.87. The molecule has 0 bridgehead atoms. The van der Waals surface area contributed by atoms with Gasteiger partial charge in [-0.1, -0.05) is 46.3 Å². The van der Waals surface area contributed by atoms with Crippen molar-refractivity contribution in [1.82, 2.24) is 10.3 Å². The topological polar surface area (TPSA) is 40.2 Å². The summed E-state index contributed by atoms with van der Waals surface area (Å²) in [6.07, 6.45) is 4.93. The molecule has 0 spiro atoms. The molecule has 4 rings (SSSR count). The van der Waals surface area contributed by atoms with E-state index in [4.69, 9.17) is 4.98 Å². The predicted molar refractivity (Wildman–Crippen MR) is 131 cm³/mol. The first kappa shape index (κ1) is 21.1. The molecule has 0 aliphatic heterocycles. The van der Waals surface area contributed by atoms with Crippen LogP contribution in [0.15, 0.2) is 59.1 Å². The molecule has 1 aliphatic carbocycles. The molecule has 0 radical (unpaired) electrons. The molecule has 0 unspecified atom stereocenters. The second-order valence-corrected chi connectivity index (χ2v) is 9.48. The molecule has 3 aromatic rings.